The zero-order valence-corrected chi connectivity index (χ0v) is 13.1. The normalized spacial score (nSPS) is 22.1. The van der Waals surface area contributed by atoms with E-state index >= 15 is 0 Å². The predicted molar refractivity (Wildman–Crippen MR) is 80.7 cm³/mol. The van der Waals surface area contributed by atoms with Gasteiger partial charge in [-0.1, -0.05) is 30.1 Å². The highest BCUT2D eigenvalue weighted by Crippen LogP contribution is 2.34. The topological polar surface area (TPSA) is 55.6 Å². The van der Waals surface area contributed by atoms with E-state index in [1.54, 1.807) is 17.0 Å². The summed E-state index contributed by atoms with van der Waals surface area (Å²) >= 11 is 11.9. The van der Waals surface area contributed by atoms with Crippen LogP contribution in [0, 0.1) is 5.41 Å². The Morgan fingerprint density at radius 3 is 2.65 bits per heavy atom. The van der Waals surface area contributed by atoms with Crippen molar-refractivity contribution in [2.24, 2.45) is 11.1 Å². The fraction of sp³-hybridized carbons (Fsp3) is 0.500. The van der Waals surface area contributed by atoms with Crippen molar-refractivity contribution in [3.8, 4) is 5.75 Å². The van der Waals surface area contributed by atoms with Crippen LogP contribution in [-0.4, -0.2) is 37.6 Å². The van der Waals surface area contributed by atoms with E-state index in [1.165, 1.54) is 7.11 Å². The van der Waals surface area contributed by atoms with Gasteiger partial charge >= 0.3 is 0 Å². The van der Waals surface area contributed by atoms with Gasteiger partial charge in [-0.25, -0.2) is 0 Å². The number of amides is 1. The second kappa shape index (κ2) is 5.80. The first-order valence-corrected chi connectivity index (χ1v) is 7.18. The van der Waals surface area contributed by atoms with Gasteiger partial charge < -0.3 is 15.4 Å². The lowest BCUT2D eigenvalue weighted by Gasteiger charge is -2.23. The standard InChI is InChI=1S/C14H18Cl2N2O2/c1-14(7-17)3-4-18(8-14)13(19)9-5-10(15)11(16)6-12(9)20-2/h5-6H,3-4,7-8,17H2,1-2H3. The molecule has 2 N–H and O–H groups in total. The average molecular weight is 317 g/mol. The SMILES string of the molecule is COc1cc(Cl)c(Cl)cc1C(=O)N1CCC(C)(CN)C1. The number of halogens is 2. The highest BCUT2D eigenvalue weighted by atomic mass is 35.5. The van der Waals surface area contributed by atoms with Crippen molar-refractivity contribution in [1.29, 1.82) is 0 Å². The number of rotatable bonds is 3. The molecule has 1 unspecified atom stereocenters. The highest BCUT2D eigenvalue weighted by molar-refractivity contribution is 6.42. The second-order valence-corrected chi connectivity index (χ2v) is 6.27. The van der Waals surface area contributed by atoms with Gasteiger partial charge in [-0.15, -0.1) is 0 Å². The lowest BCUT2D eigenvalue weighted by atomic mass is 9.90. The average Bonchev–Trinajstić information content (AvgIpc) is 2.84. The van der Waals surface area contributed by atoms with Gasteiger partial charge in [-0.05, 0) is 24.4 Å². The minimum Gasteiger partial charge on any atom is -0.496 e. The number of hydrogen-bond acceptors (Lipinski definition) is 3. The monoisotopic (exact) mass is 316 g/mol. The molecule has 1 fully saturated rings. The number of carbonyl (C=O) groups is 1. The molecule has 0 saturated carbocycles. The minimum atomic E-state index is -0.0995. The Hall–Kier alpha value is -0.970. The zero-order chi connectivity index (χ0) is 14.9. The number of carbonyl (C=O) groups excluding carboxylic acids is 1. The number of hydrogen-bond donors (Lipinski definition) is 1. The van der Waals surface area contributed by atoms with Crippen LogP contribution in [0.1, 0.15) is 23.7 Å². The van der Waals surface area contributed by atoms with E-state index in [1.807, 2.05) is 0 Å². The van der Waals surface area contributed by atoms with Crippen LogP contribution >= 0.6 is 23.2 Å². The van der Waals surface area contributed by atoms with Gasteiger partial charge in [-0.2, -0.15) is 0 Å². The summed E-state index contributed by atoms with van der Waals surface area (Å²) in [6, 6.07) is 3.12. The Labute approximate surface area is 128 Å². The number of methoxy groups -OCH3 is 1. The number of likely N-dealkylation sites (tertiary alicyclic amines) is 1. The van der Waals surface area contributed by atoms with E-state index in [0.717, 1.165) is 6.42 Å². The van der Waals surface area contributed by atoms with Gasteiger partial charge in [-0.3, -0.25) is 4.79 Å². The van der Waals surface area contributed by atoms with Crippen LogP contribution in [-0.2, 0) is 0 Å². The van der Waals surface area contributed by atoms with Gasteiger partial charge in [0.1, 0.15) is 5.75 Å². The summed E-state index contributed by atoms with van der Waals surface area (Å²) in [5.74, 6) is 0.336. The summed E-state index contributed by atoms with van der Waals surface area (Å²) in [6.07, 6.45) is 0.902. The third-order valence-corrected chi connectivity index (χ3v) is 4.53. The summed E-state index contributed by atoms with van der Waals surface area (Å²) in [5.41, 5.74) is 6.19. The van der Waals surface area contributed by atoms with Crippen LogP contribution in [0.15, 0.2) is 12.1 Å². The Balaban J connectivity index is 2.28. The van der Waals surface area contributed by atoms with Gasteiger partial charge in [0.15, 0.2) is 0 Å². The molecule has 0 aliphatic carbocycles. The van der Waals surface area contributed by atoms with Crippen molar-refractivity contribution in [1.82, 2.24) is 4.90 Å². The van der Waals surface area contributed by atoms with E-state index in [0.29, 0.717) is 41.0 Å². The van der Waals surface area contributed by atoms with Crippen LogP contribution in [0.3, 0.4) is 0 Å². The first kappa shape index (κ1) is 15.4. The number of ether oxygens (including phenoxy) is 1. The second-order valence-electron chi connectivity index (χ2n) is 5.46. The summed E-state index contributed by atoms with van der Waals surface area (Å²) in [6.45, 7) is 3.99. The number of nitrogens with zero attached hydrogens (tertiary/aromatic N) is 1. The summed E-state index contributed by atoms with van der Waals surface area (Å²) < 4.78 is 5.22. The summed E-state index contributed by atoms with van der Waals surface area (Å²) in [7, 11) is 1.50. The molecule has 1 aliphatic rings. The van der Waals surface area contributed by atoms with Crippen LogP contribution in [0.2, 0.25) is 10.0 Å². The summed E-state index contributed by atoms with van der Waals surface area (Å²) in [4.78, 5) is 14.4. The van der Waals surface area contributed by atoms with Crippen LogP contribution < -0.4 is 10.5 Å². The Kier molecular flexibility index (Phi) is 4.47. The highest BCUT2D eigenvalue weighted by Gasteiger charge is 2.36. The maximum absolute atomic E-state index is 12.6. The third kappa shape index (κ3) is 2.87. The lowest BCUT2D eigenvalue weighted by molar-refractivity contribution is 0.0773. The zero-order valence-electron chi connectivity index (χ0n) is 11.6. The van der Waals surface area contributed by atoms with Crippen molar-refractivity contribution in [2.45, 2.75) is 13.3 Å². The molecule has 1 saturated heterocycles. The quantitative estimate of drug-likeness (QED) is 0.933. The fourth-order valence-corrected chi connectivity index (χ4v) is 2.72. The number of nitrogens with two attached hydrogens (primary N) is 1. The smallest absolute Gasteiger partial charge is 0.257 e. The van der Waals surface area contributed by atoms with Crippen LogP contribution in [0.5, 0.6) is 5.75 Å². The van der Waals surface area contributed by atoms with Crippen LogP contribution in [0.4, 0.5) is 0 Å². The van der Waals surface area contributed by atoms with Gasteiger partial charge in [0.2, 0.25) is 0 Å². The molecule has 2 rings (SSSR count). The molecule has 0 aromatic heterocycles. The Morgan fingerprint density at radius 1 is 1.45 bits per heavy atom. The number of benzene rings is 1. The lowest BCUT2D eigenvalue weighted by Crippen LogP contribution is -2.34. The van der Waals surface area contributed by atoms with Crippen molar-refractivity contribution in [3.05, 3.63) is 27.7 Å². The maximum atomic E-state index is 12.6. The van der Waals surface area contributed by atoms with Crippen molar-refractivity contribution in [2.75, 3.05) is 26.7 Å². The molecule has 1 amide bonds. The van der Waals surface area contributed by atoms with Gasteiger partial charge in [0.25, 0.3) is 5.91 Å². The molecule has 0 spiro atoms. The molecule has 0 bridgehead atoms. The van der Waals surface area contributed by atoms with Crippen molar-refractivity contribution < 1.29 is 9.53 Å². The van der Waals surface area contributed by atoms with Gasteiger partial charge in [0, 0.05) is 19.2 Å². The molecule has 6 heteroatoms. The third-order valence-electron chi connectivity index (χ3n) is 3.81. The summed E-state index contributed by atoms with van der Waals surface area (Å²) in [5, 5.41) is 0.713. The van der Waals surface area contributed by atoms with Crippen molar-refractivity contribution >= 4 is 29.1 Å². The minimum absolute atomic E-state index is 0.0148. The van der Waals surface area contributed by atoms with E-state index < -0.39 is 0 Å². The molecule has 4 nitrogen and oxygen atoms in total. The Bertz CT molecular complexity index is 536. The molecule has 0 radical (unpaired) electrons. The van der Waals surface area contributed by atoms with Crippen molar-refractivity contribution in [3.63, 3.8) is 0 Å². The van der Waals surface area contributed by atoms with E-state index in [4.69, 9.17) is 33.7 Å². The van der Waals surface area contributed by atoms with E-state index in [9.17, 15) is 4.79 Å². The molecule has 20 heavy (non-hydrogen) atoms. The van der Waals surface area contributed by atoms with Crippen LogP contribution in [0.25, 0.3) is 0 Å². The molecule has 1 aromatic rings. The molecular formula is C14H18Cl2N2O2. The molecule has 1 atom stereocenters. The predicted octanol–water partition coefficient (Wildman–Crippen LogP) is 2.81. The van der Waals surface area contributed by atoms with E-state index in [2.05, 4.69) is 6.92 Å². The first-order valence-electron chi connectivity index (χ1n) is 6.42. The Morgan fingerprint density at radius 2 is 2.10 bits per heavy atom. The molecular weight excluding hydrogens is 299 g/mol. The first-order chi connectivity index (χ1) is 9.40. The molecule has 1 heterocycles. The largest absolute Gasteiger partial charge is 0.496 e. The van der Waals surface area contributed by atoms with Gasteiger partial charge in [0.05, 0.1) is 22.7 Å². The molecule has 110 valence electrons. The molecule has 1 aliphatic heterocycles. The molecule has 1 aromatic carbocycles. The maximum Gasteiger partial charge on any atom is 0.257 e. The van der Waals surface area contributed by atoms with E-state index in [-0.39, 0.29) is 11.3 Å². The fourth-order valence-electron chi connectivity index (χ4n) is 2.40.